The average Bonchev–Trinajstić information content (AvgIpc) is 2.78. The molecule has 0 aromatic heterocycles. The highest BCUT2D eigenvalue weighted by molar-refractivity contribution is 6.05. The second kappa shape index (κ2) is 10.5. The van der Waals surface area contributed by atoms with Crippen LogP contribution < -0.4 is 20.1 Å². The van der Waals surface area contributed by atoms with E-state index in [2.05, 4.69) is 24.5 Å². The second-order valence-corrected chi connectivity index (χ2v) is 7.74. The monoisotopic (exact) mass is 432 g/mol. The van der Waals surface area contributed by atoms with Crippen molar-refractivity contribution >= 4 is 23.2 Å². The lowest BCUT2D eigenvalue weighted by molar-refractivity contribution is -0.118. The lowest BCUT2D eigenvalue weighted by atomic mass is 9.98. The molecule has 0 heterocycles. The van der Waals surface area contributed by atoms with Gasteiger partial charge in [-0.25, -0.2) is 0 Å². The number of rotatable bonds is 8. The summed E-state index contributed by atoms with van der Waals surface area (Å²) in [5.74, 6) is 1.13. The van der Waals surface area contributed by atoms with E-state index in [0.29, 0.717) is 34.4 Å². The Labute approximate surface area is 188 Å². The lowest BCUT2D eigenvalue weighted by Gasteiger charge is -2.13. The number of para-hydroxylation sites is 2. The molecule has 2 amide bonds. The zero-order chi connectivity index (χ0) is 23.1. The van der Waals surface area contributed by atoms with Crippen molar-refractivity contribution in [3.05, 3.63) is 83.4 Å². The van der Waals surface area contributed by atoms with Crippen LogP contribution >= 0.6 is 0 Å². The maximum atomic E-state index is 12.5. The van der Waals surface area contributed by atoms with Gasteiger partial charge < -0.3 is 20.1 Å². The number of ether oxygens (including phenoxy) is 2. The standard InChI is InChI=1S/C26H28N2O4/c1-17(2)22-14-13-21(15-18(22)3)32-16-25(29)27-20-11-9-19(10-12-20)26(30)28-23-7-5-6-8-24(23)31-4/h5-15,17H,16H2,1-4H3,(H,27,29)(H,28,30). The number of carbonyl (C=O) groups excluding carboxylic acids is 2. The summed E-state index contributed by atoms with van der Waals surface area (Å²) >= 11 is 0. The molecule has 3 rings (SSSR count). The Morgan fingerprint density at radius 1 is 0.938 bits per heavy atom. The number of benzene rings is 3. The molecule has 0 saturated heterocycles. The molecule has 0 aliphatic rings. The van der Waals surface area contributed by atoms with Crippen LogP contribution in [0.15, 0.2) is 66.7 Å². The number of carbonyl (C=O) groups is 2. The summed E-state index contributed by atoms with van der Waals surface area (Å²) in [4.78, 5) is 24.7. The Kier molecular flexibility index (Phi) is 7.49. The van der Waals surface area contributed by atoms with Crippen molar-refractivity contribution in [2.75, 3.05) is 24.4 Å². The molecular formula is C26H28N2O4. The molecule has 0 saturated carbocycles. The van der Waals surface area contributed by atoms with Gasteiger partial charge in [-0.3, -0.25) is 9.59 Å². The quantitative estimate of drug-likeness (QED) is 0.500. The number of nitrogens with one attached hydrogen (secondary N) is 2. The van der Waals surface area contributed by atoms with E-state index in [-0.39, 0.29) is 18.4 Å². The molecule has 166 valence electrons. The summed E-state index contributed by atoms with van der Waals surface area (Å²) in [6, 6.07) is 19.7. The molecule has 0 bridgehead atoms. The minimum atomic E-state index is -0.276. The molecule has 0 aliphatic heterocycles. The van der Waals surface area contributed by atoms with Crippen molar-refractivity contribution in [2.24, 2.45) is 0 Å². The van der Waals surface area contributed by atoms with Gasteiger partial charge in [-0.1, -0.05) is 32.0 Å². The van der Waals surface area contributed by atoms with Crippen LogP contribution in [0.4, 0.5) is 11.4 Å². The summed E-state index contributed by atoms with van der Waals surface area (Å²) in [6.45, 7) is 6.22. The van der Waals surface area contributed by atoms with Gasteiger partial charge in [0.2, 0.25) is 0 Å². The first kappa shape index (κ1) is 22.9. The van der Waals surface area contributed by atoms with Crippen molar-refractivity contribution in [3.63, 3.8) is 0 Å². The van der Waals surface area contributed by atoms with E-state index in [1.165, 1.54) is 5.56 Å². The van der Waals surface area contributed by atoms with Crippen molar-refractivity contribution < 1.29 is 19.1 Å². The fraction of sp³-hybridized carbons (Fsp3) is 0.231. The summed E-state index contributed by atoms with van der Waals surface area (Å²) in [5.41, 5.74) is 4.03. The molecule has 0 spiro atoms. The number of hydrogen-bond acceptors (Lipinski definition) is 4. The predicted octanol–water partition coefficient (Wildman–Crippen LogP) is 5.40. The van der Waals surface area contributed by atoms with Crippen molar-refractivity contribution in [1.82, 2.24) is 0 Å². The molecule has 0 fully saturated rings. The highest BCUT2D eigenvalue weighted by atomic mass is 16.5. The zero-order valence-electron chi connectivity index (χ0n) is 18.8. The first-order valence-electron chi connectivity index (χ1n) is 10.4. The number of anilines is 2. The van der Waals surface area contributed by atoms with E-state index in [1.54, 1.807) is 43.5 Å². The van der Waals surface area contributed by atoms with Gasteiger partial charge in [-0.2, -0.15) is 0 Å². The van der Waals surface area contributed by atoms with Gasteiger partial charge in [0.05, 0.1) is 12.8 Å². The van der Waals surface area contributed by atoms with Gasteiger partial charge >= 0.3 is 0 Å². The molecular weight excluding hydrogens is 404 g/mol. The Morgan fingerprint density at radius 2 is 1.66 bits per heavy atom. The third-order valence-electron chi connectivity index (χ3n) is 5.02. The van der Waals surface area contributed by atoms with Crippen LogP contribution in [0.25, 0.3) is 0 Å². The maximum absolute atomic E-state index is 12.5. The molecule has 6 heteroatoms. The van der Waals surface area contributed by atoms with E-state index in [0.717, 1.165) is 5.56 Å². The first-order chi connectivity index (χ1) is 15.4. The van der Waals surface area contributed by atoms with Gasteiger partial charge in [0.15, 0.2) is 6.61 Å². The highest BCUT2D eigenvalue weighted by Gasteiger charge is 2.11. The van der Waals surface area contributed by atoms with Crippen molar-refractivity contribution in [3.8, 4) is 11.5 Å². The van der Waals surface area contributed by atoms with Crippen LogP contribution in [-0.4, -0.2) is 25.5 Å². The highest BCUT2D eigenvalue weighted by Crippen LogP contribution is 2.25. The van der Waals surface area contributed by atoms with E-state index in [9.17, 15) is 9.59 Å². The topological polar surface area (TPSA) is 76.7 Å². The third kappa shape index (κ3) is 5.88. The Hall–Kier alpha value is -3.80. The SMILES string of the molecule is COc1ccccc1NC(=O)c1ccc(NC(=O)COc2ccc(C(C)C)c(C)c2)cc1. The van der Waals surface area contributed by atoms with E-state index in [1.807, 2.05) is 37.3 Å². The minimum absolute atomic E-state index is 0.101. The maximum Gasteiger partial charge on any atom is 0.262 e. The van der Waals surface area contributed by atoms with Crippen LogP contribution in [0.2, 0.25) is 0 Å². The normalized spacial score (nSPS) is 10.5. The molecule has 0 atom stereocenters. The van der Waals surface area contributed by atoms with Crippen LogP contribution in [0, 0.1) is 6.92 Å². The largest absolute Gasteiger partial charge is 0.495 e. The predicted molar refractivity (Wildman–Crippen MR) is 127 cm³/mol. The molecule has 0 radical (unpaired) electrons. The number of amides is 2. The Morgan fingerprint density at radius 3 is 2.31 bits per heavy atom. The van der Waals surface area contributed by atoms with Crippen molar-refractivity contribution in [1.29, 1.82) is 0 Å². The third-order valence-corrected chi connectivity index (χ3v) is 5.02. The first-order valence-corrected chi connectivity index (χ1v) is 10.4. The molecule has 0 aliphatic carbocycles. The second-order valence-electron chi connectivity index (χ2n) is 7.74. The summed E-state index contributed by atoms with van der Waals surface area (Å²) in [7, 11) is 1.55. The molecule has 2 N–H and O–H groups in total. The molecule has 0 unspecified atom stereocenters. The summed E-state index contributed by atoms with van der Waals surface area (Å²) < 4.78 is 10.9. The summed E-state index contributed by atoms with van der Waals surface area (Å²) in [6.07, 6.45) is 0. The van der Waals surface area contributed by atoms with Gasteiger partial charge in [-0.15, -0.1) is 0 Å². The van der Waals surface area contributed by atoms with Crippen LogP contribution in [-0.2, 0) is 4.79 Å². The zero-order valence-corrected chi connectivity index (χ0v) is 18.8. The molecule has 32 heavy (non-hydrogen) atoms. The van der Waals surface area contributed by atoms with Crippen LogP contribution in [0.1, 0.15) is 41.3 Å². The van der Waals surface area contributed by atoms with Gasteiger partial charge in [0, 0.05) is 11.3 Å². The minimum Gasteiger partial charge on any atom is -0.495 e. The molecule has 6 nitrogen and oxygen atoms in total. The molecule has 3 aromatic carbocycles. The van der Waals surface area contributed by atoms with Crippen LogP contribution in [0.3, 0.4) is 0 Å². The van der Waals surface area contributed by atoms with E-state index in [4.69, 9.17) is 9.47 Å². The average molecular weight is 433 g/mol. The Balaban J connectivity index is 1.54. The van der Waals surface area contributed by atoms with E-state index >= 15 is 0 Å². The van der Waals surface area contributed by atoms with E-state index < -0.39 is 0 Å². The number of aryl methyl sites for hydroxylation is 1. The fourth-order valence-electron chi connectivity index (χ4n) is 3.38. The van der Waals surface area contributed by atoms with Crippen LogP contribution in [0.5, 0.6) is 11.5 Å². The lowest BCUT2D eigenvalue weighted by Crippen LogP contribution is -2.20. The van der Waals surface area contributed by atoms with Crippen molar-refractivity contribution in [2.45, 2.75) is 26.7 Å². The van der Waals surface area contributed by atoms with Gasteiger partial charge in [-0.05, 0) is 72.5 Å². The molecule has 3 aromatic rings. The fourth-order valence-corrected chi connectivity index (χ4v) is 3.38. The number of hydrogen-bond donors (Lipinski definition) is 2. The van der Waals surface area contributed by atoms with Gasteiger partial charge in [0.25, 0.3) is 11.8 Å². The van der Waals surface area contributed by atoms with Gasteiger partial charge in [0.1, 0.15) is 11.5 Å². The Bertz CT molecular complexity index is 1090. The smallest absolute Gasteiger partial charge is 0.262 e. The summed E-state index contributed by atoms with van der Waals surface area (Å²) in [5, 5.41) is 5.60. The number of methoxy groups -OCH3 is 1.